The second-order valence-electron chi connectivity index (χ2n) is 6.17. The highest BCUT2D eigenvalue weighted by Crippen LogP contribution is 2.30. The van der Waals surface area contributed by atoms with E-state index in [4.69, 9.17) is 4.74 Å². The van der Waals surface area contributed by atoms with E-state index in [-0.39, 0.29) is 23.7 Å². The summed E-state index contributed by atoms with van der Waals surface area (Å²) in [6, 6.07) is 20.2. The molecule has 0 bridgehead atoms. The molecule has 0 aromatic heterocycles. The van der Waals surface area contributed by atoms with Gasteiger partial charge in [-0.15, -0.1) is 0 Å². The van der Waals surface area contributed by atoms with Crippen molar-refractivity contribution in [2.75, 3.05) is 7.11 Å². The SMILES string of the molecule is COc1ccccc1[C@H](C)NC(c1ccc(F)cc1)c1ccc(F)cc1. The fourth-order valence-electron chi connectivity index (χ4n) is 3.06. The molecule has 0 fully saturated rings. The van der Waals surface area contributed by atoms with Crippen LogP contribution in [-0.4, -0.2) is 7.11 Å². The van der Waals surface area contributed by atoms with Crippen LogP contribution in [0, 0.1) is 11.6 Å². The normalized spacial score (nSPS) is 12.2. The first-order chi connectivity index (χ1) is 12.6. The van der Waals surface area contributed by atoms with E-state index in [1.165, 1.54) is 24.3 Å². The van der Waals surface area contributed by atoms with Crippen LogP contribution in [0.1, 0.15) is 35.7 Å². The van der Waals surface area contributed by atoms with Gasteiger partial charge >= 0.3 is 0 Å². The Kier molecular flexibility index (Phi) is 5.64. The summed E-state index contributed by atoms with van der Waals surface area (Å²) >= 11 is 0. The minimum Gasteiger partial charge on any atom is -0.496 e. The third kappa shape index (κ3) is 4.09. The molecular formula is C22H21F2NO. The van der Waals surface area contributed by atoms with Crippen molar-refractivity contribution < 1.29 is 13.5 Å². The summed E-state index contributed by atoms with van der Waals surface area (Å²) in [7, 11) is 1.64. The van der Waals surface area contributed by atoms with Crippen LogP contribution in [0.5, 0.6) is 5.75 Å². The van der Waals surface area contributed by atoms with E-state index < -0.39 is 0 Å². The molecule has 0 radical (unpaired) electrons. The molecule has 26 heavy (non-hydrogen) atoms. The lowest BCUT2D eigenvalue weighted by Gasteiger charge is -2.25. The first-order valence-corrected chi connectivity index (χ1v) is 8.48. The van der Waals surface area contributed by atoms with Gasteiger partial charge in [0.1, 0.15) is 17.4 Å². The molecule has 134 valence electrons. The van der Waals surface area contributed by atoms with Crippen molar-refractivity contribution >= 4 is 0 Å². The molecule has 0 aliphatic carbocycles. The number of methoxy groups -OCH3 is 1. The van der Waals surface area contributed by atoms with Crippen molar-refractivity contribution in [1.29, 1.82) is 0 Å². The van der Waals surface area contributed by atoms with Gasteiger partial charge in [0.15, 0.2) is 0 Å². The van der Waals surface area contributed by atoms with Crippen molar-refractivity contribution in [3.8, 4) is 5.75 Å². The molecule has 0 heterocycles. The average molecular weight is 353 g/mol. The van der Waals surface area contributed by atoms with Crippen LogP contribution in [0.25, 0.3) is 0 Å². The molecule has 3 aromatic rings. The van der Waals surface area contributed by atoms with Gasteiger partial charge in [-0.05, 0) is 48.4 Å². The molecule has 3 rings (SSSR count). The van der Waals surface area contributed by atoms with Crippen LogP contribution in [0.4, 0.5) is 8.78 Å². The fourth-order valence-corrected chi connectivity index (χ4v) is 3.06. The van der Waals surface area contributed by atoms with E-state index in [2.05, 4.69) is 5.32 Å². The Hall–Kier alpha value is -2.72. The summed E-state index contributed by atoms with van der Waals surface area (Å²) in [5.74, 6) is 0.221. The largest absolute Gasteiger partial charge is 0.496 e. The van der Waals surface area contributed by atoms with E-state index in [0.29, 0.717) is 0 Å². The zero-order valence-electron chi connectivity index (χ0n) is 14.7. The number of nitrogens with one attached hydrogen (secondary N) is 1. The highest BCUT2D eigenvalue weighted by Gasteiger charge is 2.19. The zero-order chi connectivity index (χ0) is 18.5. The zero-order valence-corrected chi connectivity index (χ0v) is 14.7. The van der Waals surface area contributed by atoms with Crippen LogP contribution in [0.15, 0.2) is 72.8 Å². The maximum atomic E-state index is 13.3. The quantitative estimate of drug-likeness (QED) is 0.639. The van der Waals surface area contributed by atoms with Gasteiger partial charge in [0.2, 0.25) is 0 Å². The predicted octanol–water partition coefficient (Wildman–Crippen LogP) is 5.41. The van der Waals surface area contributed by atoms with Gasteiger partial charge in [-0.2, -0.15) is 0 Å². The second kappa shape index (κ2) is 8.11. The molecule has 1 atom stereocenters. The van der Waals surface area contributed by atoms with Crippen LogP contribution in [0.2, 0.25) is 0 Å². The van der Waals surface area contributed by atoms with Crippen molar-refractivity contribution in [2.24, 2.45) is 0 Å². The van der Waals surface area contributed by atoms with Gasteiger partial charge < -0.3 is 4.74 Å². The number of para-hydroxylation sites is 1. The summed E-state index contributed by atoms with van der Waals surface area (Å²) in [5, 5.41) is 3.55. The maximum absolute atomic E-state index is 13.3. The Balaban J connectivity index is 1.95. The molecule has 0 aliphatic rings. The van der Waals surface area contributed by atoms with Crippen molar-refractivity contribution in [2.45, 2.75) is 19.0 Å². The highest BCUT2D eigenvalue weighted by molar-refractivity contribution is 5.37. The third-order valence-electron chi connectivity index (χ3n) is 4.43. The topological polar surface area (TPSA) is 21.3 Å². The standard InChI is InChI=1S/C22H21F2NO/c1-15(20-5-3-4-6-21(20)26-2)25-22(16-7-11-18(23)12-8-16)17-9-13-19(24)14-10-17/h3-15,22,25H,1-2H3/t15-/m0/s1. The van der Waals surface area contributed by atoms with Gasteiger partial charge in [-0.1, -0.05) is 42.5 Å². The van der Waals surface area contributed by atoms with E-state index in [1.807, 2.05) is 31.2 Å². The van der Waals surface area contributed by atoms with Crippen molar-refractivity contribution in [1.82, 2.24) is 5.32 Å². The first-order valence-electron chi connectivity index (χ1n) is 8.48. The van der Waals surface area contributed by atoms with Crippen LogP contribution >= 0.6 is 0 Å². The molecule has 0 spiro atoms. The Morgan fingerprint density at radius 3 is 1.77 bits per heavy atom. The molecule has 2 nitrogen and oxygen atoms in total. The van der Waals surface area contributed by atoms with E-state index in [0.717, 1.165) is 22.4 Å². The van der Waals surface area contributed by atoms with Crippen molar-refractivity contribution in [3.05, 3.63) is 101 Å². The number of hydrogen-bond donors (Lipinski definition) is 1. The predicted molar refractivity (Wildman–Crippen MR) is 99.2 cm³/mol. The molecule has 0 saturated heterocycles. The fraction of sp³-hybridized carbons (Fsp3) is 0.182. The van der Waals surface area contributed by atoms with Crippen molar-refractivity contribution in [3.63, 3.8) is 0 Å². The molecule has 0 unspecified atom stereocenters. The first kappa shape index (κ1) is 18.1. The summed E-state index contributed by atoms with van der Waals surface area (Å²) in [6.45, 7) is 2.04. The van der Waals surface area contributed by atoms with Gasteiger partial charge in [-0.25, -0.2) is 8.78 Å². The number of ether oxygens (including phenoxy) is 1. The van der Waals surface area contributed by atoms with Gasteiger partial charge in [0.25, 0.3) is 0 Å². The lowest BCUT2D eigenvalue weighted by atomic mass is 9.96. The summed E-state index contributed by atoms with van der Waals surface area (Å²) < 4.78 is 32.1. The Morgan fingerprint density at radius 2 is 1.27 bits per heavy atom. The molecule has 0 saturated carbocycles. The summed E-state index contributed by atoms with van der Waals surface area (Å²) in [5.41, 5.74) is 2.82. The molecular weight excluding hydrogens is 332 g/mol. The van der Waals surface area contributed by atoms with Crippen LogP contribution in [0.3, 0.4) is 0 Å². The third-order valence-corrected chi connectivity index (χ3v) is 4.43. The molecule has 4 heteroatoms. The monoisotopic (exact) mass is 353 g/mol. The average Bonchev–Trinajstić information content (AvgIpc) is 2.67. The number of halogens is 2. The maximum Gasteiger partial charge on any atom is 0.123 e. The minimum atomic E-state index is -0.288. The minimum absolute atomic E-state index is 0.0359. The number of benzene rings is 3. The van der Waals surface area contributed by atoms with Crippen LogP contribution in [-0.2, 0) is 0 Å². The number of hydrogen-bond acceptors (Lipinski definition) is 2. The summed E-state index contributed by atoms with van der Waals surface area (Å²) in [4.78, 5) is 0. The Morgan fingerprint density at radius 1 is 0.769 bits per heavy atom. The van der Waals surface area contributed by atoms with E-state index in [1.54, 1.807) is 31.4 Å². The lowest BCUT2D eigenvalue weighted by Crippen LogP contribution is -2.26. The number of rotatable bonds is 6. The van der Waals surface area contributed by atoms with Crippen LogP contribution < -0.4 is 10.1 Å². The smallest absolute Gasteiger partial charge is 0.123 e. The van der Waals surface area contributed by atoms with Gasteiger partial charge in [0.05, 0.1) is 13.2 Å². The molecule has 3 aromatic carbocycles. The van der Waals surface area contributed by atoms with Gasteiger partial charge in [0, 0.05) is 11.6 Å². The Bertz CT molecular complexity index is 801. The van der Waals surface area contributed by atoms with E-state index >= 15 is 0 Å². The molecule has 0 aliphatic heterocycles. The second-order valence-corrected chi connectivity index (χ2v) is 6.17. The summed E-state index contributed by atoms with van der Waals surface area (Å²) in [6.07, 6.45) is 0. The lowest BCUT2D eigenvalue weighted by molar-refractivity contribution is 0.398. The highest BCUT2D eigenvalue weighted by atomic mass is 19.1. The Labute approximate surface area is 152 Å². The van der Waals surface area contributed by atoms with Gasteiger partial charge in [-0.3, -0.25) is 5.32 Å². The molecule has 1 N–H and O–H groups in total. The van der Waals surface area contributed by atoms with E-state index in [9.17, 15) is 8.78 Å². The molecule has 0 amide bonds.